The van der Waals surface area contributed by atoms with Crippen molar-refractivity contribution in [2.45, 2.75) is 25.4 Å². The number of likely N-dealkylation sites (tertiary alicyclic amines) is 1. The van der Waals surface area contributed by atoms with Crippen LogP contribution in [0, 0.1) is 5.82 Å². The molecular weight excluding hydrogens is 265 g/mol. The topological polar surface area (TPSA) is 28.2 Å². The number of nitrogens with one attached hydrogen (secondary N) is 1. The van der Waals surface area contributed by atoms with E-state index in [0.717, 1.165) is 31.7 Å². The van der Waals surface area contributed by atoms with Crippen LogP contribution >= 0.6 is 0 Å². The van der Waals surface area contributed by atoms with Crippen LogP contribution in [0.15, 0.2) is 48.8 Å². The normalized spacial score (nSPS) is 19.4. The molecule has 2 heterocycles. The number of rotatable bonds is 4. The van der Waals surface area contributed by atoms with E-state index in [1.807, 2.05) is 12.4 Å². The average Bonchev–Trinajstić information content (AvgIpc) is 2.51. The minimum Gasteiger partial charge on any atom is -0.381 e. The lowest BCUT2D eigenvalue weighted by Crippen LogP contribution is -2.41. The molecule has 1 aromatic carbocycles. The lowest BCUT2D eigenvalue weighted by atomic mass is 10.0. The van der Waals surface area contributed by atoms with Gasteiger partial charge < -0.3 is 5.32 Å². The first-order chi connectivity index (χ1) is 10.3. The maximum Gasteiger partial charge on any atom is 0.123 e. The molecular formula is C17H20FN3. The van der Waals surface area contributed by atoms with Crippen molar-refractivity contribution < 1.29 is 4.39 Å². The molecule has 1 N–H and O–H groups in total. The molecule has 0 saturated carbocycles. The van der Waals surface area contributed by atoms with Gasteiger partial charge >= 0.3 is 0 Å². The van der Waals surface area contributed by atoms with Crippen LogP contribution in [0.1, 0.15) is 18.4 Å². The maximum absolute atomic E-state index is 12.9. The molecule has 110 valence electrons. The molecule has 21 heavy (non-hydrogen) atoms. The standard InChI is InChI=1S/C17H20FN3/c18-15-3-5-16(6-4-15)20-17-2-1-11-21(13-17)12-14-7-9-19-10-8-14/h3-10,17,20H,1-2,11-13H2. The summed E-state index contributed by atoms with van der Waals surface area (Å²) in [6, 6.07) is 11.2. The smallest absolute Gasteiger partial charge is 0.123 e. The first kappa shape index (κ1) is 14.0. The van der Waals surface area contributed by atoms with E-state index < -0.39 is 0 Å². The summed E-state index contributed by atoms with van der Waals surface area (Å²) >= 11 is 0. The number of nitrogens with zero attached hydrogens (tertiary/aromatic N) is 2. The quantitative estimate of drug-likeness (QED) is 0.934. The van der Waals surface area contributed by atoms with Crippen LogP contribution in [0.4, 0.5) is 10.1 Å². The Balaban J connectivity index is 1.57. The molecule has 1 aliphatic rings. The Morgan fingerprint density at radius 2 is 1.90 bits per heavy atom. The first-order valence-corrected chi connectivity index (χ1v) is 7.43. The molecule has 1 atom stereocenters. The van der Waals surface area contributed by atoms with Crippen molar-refractivity contribution in [2.24, 2.45) is 0 Å². The summed E-state index contributed by atoms with van der Waals surface area (Å²) < 4.78 is 12.9. The third kappa shape index (κ3) is 4.02. The molecule has 0 spiro atoms. The first-order valence-electron chi connectivity index (χ1n) is 7.43. The zero-order chi connectivity index (χ0) is 14.5. The Hall–Kier alpha value is -1.94. The van der Waals surface area contributed by atoms with Gasteiger partial charge in [0.05, 0.1) is 0 Å². The molecule has 0 amide bonds. The molecule has 2 aromatic rings. The van der Waals surface area contributed by atoms with Crippen molar-refractivity contribution in [2.75, 3.05) is 18.4 Å². The van der Waals surface area contributed by atoms with E-state index in [9.17, 15) is 4.39 Å². The van der Waals surface area contributed by atoms with Gasteiger partial charge in [-0.3, -0.25) is 9.88 Å². The number of benzene rings is 1. The predicted octanol–water partition coefficient (Wildman–Crippen LogP) is 3.30. The fraction of sp³-hybridized carbons (Fsp3) is 0.353. The van der Waals surface area contributed by atoms with Crippen molar-refractivity contribution in [3.63, 3.8) is 0 Å². The largest absolute Gasteiger partial charge is 0.381 e. The fourth-order valence-corrected chi connectivity index (χ4v) is 2.85. The second-order valence-corrected chi connectivity index (χ2v) is 5.58. The van der Waals surface area contributed by atoms with E-state index in [-0.39, 0.29) is 5.82 Å². The zero-order valence-electron chi connectivity index (χ0n) is 12.0. The summed E-state index contributed by atoms with van der Waals surface area (Å²) in [5.41, 5.74) is 2.29. The molecule has 0 aliphatic carbocycles. The van der Waals surface area contributed by atoms with Crippen molar-refractivity contribution >= 4 is 5.69 Å². The predicted molar refractivity (Wildman–Crippen MR) is 82.6 cm³/mol. The Bertz CT molecular complexity index is 556. The third-order valence-corrected chi connectivity index (χ3v) is 3.88. The molecule has 1 unspecified atom stereocenters. The van der Waals surface area contributed by atoms with E-state index in [1.165, 1.54) is 24.1 Å². The van der Waals surface area contributed by atoms with Crippen LogP contribution in [0.25, 0.3) is 0 Å². The molecule has 0 radical (unpaired) electrons. The Kier molecular flexibility index (Phi) is 4.46. The third-order valence-electron chi connectivity index (χ3n) is 3.88. The van der Waals surface area contributed by atoms with Gasteiger partial charge in [0.15, 0.2) is 0 Å². The summed E-state index contributed by atoms with van der Waals surface area (Å²) in [6.07, 6.45) is 6.02. The van der Waals surface area contributed by atoms with Gasteiger partial charge in [0.25, 0.3) is 0 Å². The van der Waals surface area contributed by atoms with Gasteiger partial charge in [0.1, 0.15) is 5.82 Å². The van der Waals surface area contributed by atoms with Crippen LogP contribution in [0.5, 0.6) is 0 Å². The van der Waals surface area contributed by atoms with Gasteiger partial charge in [-0.25, -0.2) is 4.39 Å². The van der Waals surface area contributed by atoms with Crippen LogP contribution < -0.4 is 5.32 Å². The van der Waals surface area contributed by atoms with E-state index in [1.54, 1.807) is 12.1 Å². The maximum atomic E-state index is 12.9. The number of piperidine rings is 1. The molecule has 1 aliphatic heterocycles. The summed E-state index contributed by atoms with van der Waals surface area (Å²) in [5.74, 6) is -0.191. The monoisotopic (exact) mass is 285 g/mol. The van der Waals surface area contributed by atoms with Crippen molar-refractivity contribution in [3.05, 3.63) is 60.2 Å². The average molecular weight is 285 g/mol. The Morgan fingerprint density at radius 1 is 1.14 bits per heavy atom. The Labute approximate surface area is 124 Å². The van der Waals surface area contributed by atoms with Gasteiger partial charge in [0.2, 0.25) is 0 Å². The van der Waals surface area contributed by atoms with E-state index in [0.29, 0.717) is 6.04 Å². The number of anilines is 1. The van der Waals surface area contributed by atoms with Crippen molar-refractivity contribution in [3.8, 4) is 0 Å². The second kappa shape index (κ2) is 6.68. The van der Waals surface area contributed by atoms with Crippen molar-refractivity contribution in [1.82, 2.24) is 9.88 Å². The highest BCUT2D eigenvalue weighted by Gasteiger charge is 2.19. The lowest BCUT2D eigenvalue weighted by molar-refractivity contribution is 0.208. The van der Waals surface area contributed by atoms with Crippen molar-refractivity contribution in [1.29, 1.82) is 0 Å². The van der Waals surface area contributed by atoms with E-state index >= 15 is 0 Å². The molecule has 4 heteroatoms. The van der Waals surface area contributed by atoms with Gasteiger partial charge in [-0.1, -0.05) is 0 Å². The van der Waals surface area contributed by atoms with Crippen LogP contribution in [0.2, 0.25) is 0 Å². The summed E-state index contributed by atoms with van der Waals surface area (Å²) in [6.45, 7) is 3.10. The molecule has 3 nitrogen and oxygen atoms in total. The summed E-state index contributed by atoms with van der Waals surface area (Å²) in [7, 11) is 0. The highest BCUT2D eigenvalue weighted by atomic mass is 19.1. The summed E-state index contributed by atoms with van der Waals surface area (Å²) in [4.78, 5) is 6.51. The zero-order valence-corrected chi connectivity index (χ0v) is 12.0. The van der Waals surface area contributed by atoms with Gasteiger partial charge in [-0.05, 0) is 61.3 Å². The van der Waals surface area contributed by atoms with Crippen LogP contribution in [-0.2, 0) is 6.54 Å². The van der Waals surface area contributed by atoms with Crippen LogP contribution in [-0.4, -0.2) is 29.0 Å². The highest BCUT2D eigenvalue weighted by molar-refractivity contribution is 5.43. The minimum absolute atomic E-state index is 0.191. The fourth-order valence-electron chi connectivity index (χ4n) is 2.85. The van der Waals surface area contributed by atoms with Gasteiger partial charge in [-0.15, -0.1) is 0 Å². The Morgan fingerprint density at radius 3 is 2.67 bits per heavy atom. The molecule has 0 bridgehead atoms. The van der Waals surface area contributed by atoms with Gasteiger partial charge in [-0.2, -0.15) is 0 Å². The van der Waals surface area contributed by atoms with Gasteiger partial charge in [0, 0.05) is 37.2 Å². The van der Waals surface area contributed by atoms with E-state index in [4.69, 9.17) is 0 Å². The second-order valence-electron chi connectivity index (χ2n) is 5.58. The number of hydrogen-bond acceptors (Lipinski definition) is 3. The summed E-state index contributed by atoms with van der Waals surface area (Å²) in [5, 5.41) is 3.50. The number of aromatic nitrogens is 1. The number of pyridine rings is 1. The molecule has 3 rings (SSSR count). The number of hydrogen-bond donors (Lipinski definition) is 1. The molecule has 1 aromatic heterocycles. The lowest BCUT2D eigenvalue weighted by Gasteiger charge is -2.33. The van der Waals surface area contributed by atoms with Crippen LogP contribution in [0.3, 0.4) is 0 Å². The minimum atomic E-state index is -0.191. The number of halogens is 1. The molecule has 1 fully saturated rings. The highest BCUT2D eigenvalue weighted by Crippen LogP contribution is 2.18. The molecule has 1 saturated heterocycles. The SMILES string of the molecule is Fc1ccc(NC2CCCN(Cc3ccncc3)C2)cc1. The van der Waals surface area contributed by atoms with E-state index in [2.05, 4.69) is 27.3 Å².